The third kappa shape index (κ3) is 3.09. The SMILES string of the molecule is CC(C)(CCc1ccccc1)N1C(=O)NC(=O)C(F)C1=O. The van der Waals surface area contributed by atoms with Crippen molar-refractivity contribution < 1.29 is 18.8 Å². The number of benzene rings is 1. The molecule has 0 bridgehead atoms. The third-order valence-electron chi connectivity index (χ3n) is 3.57. The van der Waals surface area contributed by atoms with Crippen LogP contribution in [0.2, 0.25) is 0 Å². The number of urea groups is 1. The van der Waals surface area contributed by atoms with Crippen molar-refractivity contribution in [3.05, 3.63) is 35.9 Å². The molecule has 0 aliphatic carbocycles. The Kier molecular flexibility index (Phi) is 4.06. The number of carbonyl (C=O) groups excluding carboxylic acids is 3. The maximum atomic E-state index is 13.5. The van der Waals surface area contributed by atoms with Crippen molar-refractivity contribution in [2.75, 3.05) is 0 Å². The topological polar surface area (TPSA) is 66.5 Å². The van der Waals surface area contributed by atoms with Crippen LogP contribution in [0, 0.1) is 0 Å². The highest BCUT2D eigenvalue weighted by Crippen LogP contribution is 2.25. The number of rotatable bonds is 4. The molecule has 4 amide bonds. The first-order valence-electron chi connectivity index (χ1n) is 6.70. The molecule has 1 aliphatic rings. The molecular weight excluding hydrogens is 275 g/mol. The van der Waals surface area contributed by atoms with E-state index in [2.05, 4.69) is 0 Å². The van der Waals surface area contributed by atoms with Gasteiger partial charge in [0.2, 0.25) is 0 Å². The van der Waals surface area contributed by atoms with E-state index in [1.165, 1.54) is 0 Å². The Morgan fingerprint density at radius 2 is 1.81 bits per heavy atom. The molecule has 1 N–H and O–H groups in total. The van der Waals surface area contributed by atoms with Gasteiger partial charge in [0.15, 0.2) is 0 Å². The van der Waals surface area contributed by atoms with Crippen molar-refractivity contribution in [1.82, 2.24) is 10.2 Å². The predicted molar refractivity (Wildman–Crippen MR) is 74.1 cm³/mol. The molecule has 1 aromatic carbocycles. The summed E-state index contributed by atoms with van der Waals surface area (Å²) in [5.74, 6) is -2.29. The fourth-order valence-corrected chi connectivity index (χ4v) is 2.33. The molecule has 1 aromatic rings. The van der Waals surface area contributed by atoms with Gasteiger partial charge in [-0.05, 0) is 32.3 Å². The van der Waals surface area contributed by atoms with Crippen molar-refractivity contribution in [2.45, 2.75) is 38.4 Å². The number of nitrogens with zero attached hydrogens (tertiary/aromatic N) is 1. The minimum Gasteiger partial charge on any atom is -0.275 e. The predicted octanol–water partition coefficient (Wildman–Crippen LogP) is 1.81. The van der Waals surface area contributed by atoms with Crippen LogP contribution in [0.4, 0.5) is 9.18 Å². The zero-order chi connectivity index (χ0) is 15.6. The molecule has 2 rings (SSSR count). The molecule has 1 atom stereocenters. The van der Waals surface area contributed by atoms with E-state index < -0.39 is 29.6 Å². The highest BCUT2D eigenvalue weighted by Gasteiger charge is 2.46. The quantitative estimate of drug-likeness (QED) is 0.861. The van der Waals surface area contributed by atoms with Crippen LogP contribution in [0.15, 0.2) is 30.3 Å². The van der Waals surface area contributed by atoms with E-state index in [0.29, 0.717) is 12.8 Å². The third-order valence-corrected chi connectivity index (χ3v) is 3.57. The van der Waals surface area contributed by atoms with E-state index in [0.717, 1.165) is 10.5 Å². The van der Waals surface area contributed by atoms with E-state index in [1.54, 1.807) is 13.8 Å². The summed E-state index contributed by atoms with van der Waals surface area (Å²) in [5.41, 5.74) is 0.172. The van der Waals surface area contributed by atoms with Crippen LogP contribution in [-0.2, 0) is 16.0 Å². The van der Waals surface area contributed by atoms with E-state index in [1.807, 2.05) is 35.6 Å². The smallest absolute Gasteiger partial charge is 0.275 e. The number of carbonyl (C=O) groups is 3. The molecule has 0 aromatic heterocycles. The number of imide groups is 2. The highest BCUT2D eigenvalue weighted by atomic mass is 19.1. The molecular formula is C15H17FN2O3. The average Bonchev–Trinajstić information content (AvgIpc) is 2.44. The minimum absolute atomic E-state index is 0.469. The van der Waals surface area contributed by atoms with Gasteiger partial charge in [0.25, 0.3) is 18.0 Å². The summed E-state index contributed by atoms with van der Waals surface area (Å²) in [6.45, 7) is 3.35. The van der Waals surface area contributed by atoms with Crippen LogP contribution >= 0.6 is 0 Å². The fraction of sp³-hybridized carbons (Fsp3) is 0.400. The Labute approximate surface area is 122 Å². The average molecular weight is 292 g/mol. The zero-order valence-electron chi connectivity index (χ0n) is 11.9. The fourth-order valence-electron chi connectivity index (χ4n) is 2.33. The molecule has 112 valence electrons. The largest absolute Gasteiger partial charge is 0.331 e. The summed E-state index contributed by atoms with van der Waals surface area (Å²) in [5, 5.41) is 1.87. The van der Waals surface area contributed by atoms with Crippen molar-refractivity contribution in [1.29, 1.82) is 0 Å². The van der Waals surface area contributed by atoms with Crippen LogP contribution in [0.3, 0.4) is 0 Å². The molecule has 0 spiro atoms. The Bertz CT molecular complexity index is 572. The van der Waals surface area contributed by atoms with Gasteiger partial charge in [-0.1, -0.05) is 30.3 Å². The lowest BCUT2D eigenvalue weighted by Gasteiger charge is -2.39. The van der Waals surface area contributed by atoms with Gasteiger partial charge in [0.1, 0.15) is 0 Å². The molecule has 1 saturated heterocycles. The van der Waals surface area contributed by atoms with Gasteiger partial charge in [-0.3, -0.25) is 19.8 Å². The summed E-state index contributed by atoms with van der Waals surface area (Å²) in [7, 11) is 0. The number of aryl methyl sites for hydroxylation is 1. The van der Waals surface area contributed by atoms with Crippen molar-refractivity contribution in [2.24, 2.45) is 0 Å². The minimum atomic E-state index is -2.32. The number of hydrogen-bond donors (Lipinski definition) is 1. The first-order valence-corrected chi connectivity index (χ1v) is 6.70. The summed E-state index contributed by atoms with van der Waals surface area (Å²) < 4.78 is 13.5. The first kappa shape index (κ1) is 15.2. The second-order valence-electron chi connectivity index (χ2n) is 5.63. The number of barbiturate groups is 1. The number of halogens is 1. The first-order chi connectivity index (χ1) is 9.83. The standard InChI is InChI=1S/C15H17FN2O3/c1-15(2,9-8-10-6-4-3-5-7-10)18-13(20)11(16)12(19)17-14(18)21/h3-7,11H,8-9H2,1-2H3,(H,17,19,21). The molecule has 1 heterocycles. The van der Waals surface area contributed by atoms with Crippen molar-refractivity contribution in [3.63, 3.8) is 0 Å². The lowest BCUT2D eigenvalue weighted by atomic mass is 9.92. The van der Waals surface area contributed by atoms with Gasteiger partial charge in [0.05, 0.1) is 0 Å². The molecule has 21 heavy (non-hydrogen) atoms. The summed E-state index contributed by atoms with van der Waals surface area (Å²) in [6.07, 6.45) is -1.22. The Hall–Kier alpha value is -2.24. The van der Waals surface area contributed by atoms with Gasteiger partial charge < -0.3 is 0 Å². The molecule has 0 radical (unpaired) electrons. The summed E-state index contributed by atoms with van der Waals surface area (Å²) in [6, 6.07) is 8.72. The number of alkyl halides is 1. The van der Waals surface area contributed by atoms with E-state index in [-0.39, 0.29) is 0 Å². The molecule has 1 aliphatic heterocycles. The van der Waals surface area contributed by atoms with Crippen molar-refractivity contribution >= 4 is 17.8 Å². The van der Waals surface area contributed by atoms with Crippen LogP contribution in [0.25, 0.3) is 0 Å². The van der Waals surface area contributed by atoms with Gasteiger partial charge in [-0.2, -0.15) is 0 Å². The lowest BCUT2D eigenvalue weighted by Crippen LogP contribution is -2.65. The van der Waals surface area contributed by atoms with Crippen molar-refractivity contribution in [3.8, 4) is 0 Å². The van der Waals surface area contributed by atoms with E-state index in [4.69, 9.17) is 0 Å². The molecule has 0 saturated carbocycles. The zero-order valence-corrected chi connectivity index (χ0v) is 11.9. The molecule has 6 heteroatoms. The van der Waals surface area contributed by atoms with Crippen LogP contribution in [-0.4, -0.2) is 34.5 Å². The van der Waals surface area contributed by atoms with Crippen LogP contribution in [0.5, 0.6) is 0 Å². The number of amides is 4. The van der Waals surface area contributed by atoms with Crippen LogP contribution < -0.4 is 5.32 Å². The van der Waals surface area contributed by atoms with Gasteiger partial charge >= 0.3 is 6.03 Å². The normalized spacial score (nSPS) is 19.7. The lowest BCUT2D eigenvalue weighted by molar-refractivity contribution is -0.147. The highest BCUT2D eigenvalue weighted by molar-refractivity contribution is 6.18. The monoisotopic (exact) mass is 292 g/mol. The van der Waals surface area contributed by atoms with Gasteiger partial charge in [-0.15, -0.1) is 0 Å². The van der Waals surface area contributed by atoms with Crippen LogP contribution in [0.1, 0.15) is 25.8 Å². The molecule has 1 fully saturated rings. The molecule has 1 unspecified atom stereocenters. The Balaban J connectivity index is 2.12. The Morgan fingerprint density at radius 3 is 2.43 bits per heavy atom. The van der Waals surface area contributed by atoms with Gasteiger partial charge in [0, 0.05) is 5.54 Å². The summed E-state index contributed by atoms with van der Waals surface area (Å²) >= 11 is 0. The maximum absolute atomic E-state index is 13.5. The van der Waals surface area contributed by atoms with Gasteiger partial charge in [-0.25, -0.2) is 9.18 Å². The van der Waals surface area contributed by atoms with E-state index >= 15 is 0 Å². The molecule has 5 nitrogen and oxygen atoms in total. The second kappa shape index (κ2) is 5.63. The van der Waals surface area contributed by atoms with E-state index in [9.17, 15) is 18.8 Å². The number of hydrogen-bond acceptors (Lipinski definition) is 3. The maximum Gasteiger partial charge on any atom is 0.331 e. The Morgan fingerprint density at radius 1 is 1.19 bits per heavy atom. The second-order valence-corrected chi connectivity index (χ2v) is 5.63. The summed E-state index contributed by atoms with van der Waals surface area (Å²) in [4.78, 5) is 35.6. The number of nitrogens with one attached hydrogen (secondary N) is 1.